The van der Waals surface area contributed by atoms with Crippen LogP contribution in [0.4, 0.5) is 15.6 Å². The van der Waals surface area contributed by atoms with Crippen LogP contribution in [0.15, 0.2) is 51.8 Å². The molecule has 0 bridgehead atoms. The van der Waals surface area contributed by atoms with E-state index in [4.69, 9.17) is 0 Å². The fourth-order valence-electron chi connectivity index (χ4n) is 3.74. The summed E-state index contributed by atoms with van der Waals surface area (Å²) in [6, 6.07) is 8.25. The second kappa shape index (κ2) is 10.1. The third-order valence-electron chi connectivity index (χ3n) is 5.30. The molecule has 8 nitrogen and oxygen atoms in total. The van der Waals surface area contributed by atoms with Crippen molar-refractivity contribution in [3.05, 3.63) is 59.5 Å². The number of rotatable bonds is 7. The zero-order chi connectivity index (χ0) is 23.4. The molecule has 3 N–H and O–H groups in total. The Balaban J connectivity index is 1.44. The fraction of sp³-hybridized carbons (Fsp3) is 0.261. The lowest BCUT2D eigenvalue weighted by Gasteiger charge is -2.14. The van der Waals surface area contributed by atoms with Crippen molar-refractivity contribution in [1.29, 1.82) is 0 Å². The summed E-state index contributed by atoms with van der Waals surface area (Å²) in [4.78, 5) is 45.5. The van der Waals surface area contributed by atoms with E-state index >= 15 is 0 Å². The number of aromatic nitrogens is 2. The first kappa shape index (κ1) is 22.9. The van der Waals surface area contributed by atoms with E-state index in [2.05, 4.69) is 20.6 Å². The third-order valence-corrected chi connectivity index (χ3v) is 7.37. The molecule has 0 saturated heterocycles. The number of thiazole rings is 1. The predicted molar refractivity (Wildman–Crippen MR) is 128 cm³/mol. The van der Waals surface area contributed by atoms with Crippen LogP contribution < -0.4 is 10.6 Å². The zero-order valence-corrected chi connectivity index (χ0v) is 19.5. The van der Waals surface area contributed by atoms with Crippen LogP contribution in [0.5, 0.6) is 0 Å². The van der Waals surface area contributed by atoms with Gasteiger partial charge in [-0.15, -0.1) is 0 Å². The van der Waals surface area contributed by atoms with Crippen molar-refractivity contribution >= 4 is 51.7 Å². The van der Waals surface area contributed by atoms with Gasteiger partial charge >= 0.3 is 12.0 Å². The molecule has 0 atom stereocenters. The van der Waals surface area contributed by atoms with Gasteiger partial charge in [0.2, 0.25) is 0 Å². The molecule has 0 unspecified atom stereocenters. The number of hydrogen-bond acceptors (Lipinski definition) is 7. The van der Waals surface area contributed by atoms with E-state index in [0.717, 1.165) is 31.2 Å². The minimum Gasteiger partial charge on any atom is -0.476 e. The van der Waals surface area contributed by atoms with Gasteiger partial charge in [-0.3, -0.25) is 10.1 Å². The minimum atomic E-state index is -1.11. The Bertz CT molecular complexity index is 1200. The zero-order valence-electron chi connectivity index (χ0n) is 17.8. The smallest absolute Gasteiger partial charge is 0.355 e. The number of carbonyl (C=O) groups excluding carboxylic acids is 2. The van der Waals surface area contributed by atoms with Crippen molar-refractivity contribution in [1.82, 2.24) is 9.97 Å². The number of hydrogen-bond donors (Lipinski definition) is 3. The van der Waals surface area contributed by atoms with Gasteiger partial charge in [0, 0.05) is 22.6 Å². The van der Waals surface area contributed by atoms with Crippen molar-refractivity contribution in [2.75, 3.05) is 10.6 Å². The molecule has 1 aliphatic carbocycles. The van der Waals surface area contributed by atoms with E-state index < -0.39 is 12.0 Å². The van der Waals surface area contributed by atoms with Crippen LogP contribution in [0, 0.1) is 12.8 Å². The van der Waals surface area contributed by atoms with Gasteiger partial charge in [-0.2, -0.15) is 0 Å². The molecule has 0 spiro atoms. The summed E-state index contributed by atoms with van der Waals surface area (Å²) in [7, 11) is 0. The lowest BCUT2D eigenvalue weighted by Crippen LogP contribution is -2.22. The van der Waals surface area contributed by atoms with Gasteiger partial charge in [0.25, 0.3) is 0 Å². The van der Waals surface area contributed by atoms with Crippen molar-refractivity contribution in [2.45, 2.75) is 41.7 Å². The normalized spacial score (nSPS) is 13.6. The van der Waals surface area contributed by atoms with Gasteiger partial charge in [-0.25, -0.2) is 19.6 Å². The highest BCUT2D eigenvalue weighted by Crippen LogP contribution is 2.35. The molecule has 1 saturated carbocycles. The first-order valence-electron chi connectivity index (χ1n) is 10.5. The number of benzene rings is 1. The quantitative estimate of drug-likeness (QED) is 0.369. The summed E-state index contributed by atoms with van der Waals surface area (Å²) in [6.07, 6.45) is 6.88. The summed E-state index contributed by atoms with van der Waals surface area (Å²) >= 11 is 2.43. The van der Waals surface area contributed by atoms with E-state index in [1.165, 1.54) is 29.3 Å². The molecular formula is C23H22N4O4S2. The lowest BCUT2D eigenvalue weighted by atomic mass is 9.94. The third kappa shape index (κ3) is 5.58. The number of aryl methyl sites for hydroxylation is 1. The number of nitrogens with zero attached hydrogens (tertiary/aromatic N) is 2. The van der Waals surface area contributed by atoms with Crippen molar-refractivity contribution in [3.63, 3.8) is 0 Å². The first-order valence-corrected chi connectivity index (χ1v) is 12.1. The number of carboxylic acid groups (broad SMARTS) is 1. The molecule has 2 amide bonds. The number of urea groups is 1. The average Bonchev–Trinajstić information content (AvgIpc) is 3.47. The maximum Gasteiger partial charge on any atom is 0.355 e. The van der Waals surface area contributed by atoms with Crippen molar-refractivity contribution in [3.8, 4) is 0 Å². The molecule has 1 fully saturated rings. The van der Waals surface area contributed by atoms with Gasteiger partial charge in [0.05, 0.1) is 16.1 Å². The lowest BCUT2D eigenvalue weighted by molar-refractivity contribution is 0.0686. The highest BCUT2D eigenvalue weighted by atomic mass is 32.2. The molecule has 1 aliphatic rings. The van der Waals surface area contributed by atoms with Crippen LogP contribution in [-0.4, -0.2) is 32.9 Å². The molecule has 3 aromatic rings. The Morgan fingerprint density at radius 2 is 1.91 bits per heavy atom. The van der Waals surface area contributed by atoms with Gasteiger partial charge in [-0.1, -0.05) is 47.6 Å². The van der Waals surface area contributed by atoms with Crippen LogP contribution in [0.1, 0.15) is 52.1 Å². The second-order valence-electron chi connectivity index (χ2n) is 7.72. The van der Waals surface area contributed by atoms with E-state index in [1.807, 2.05) is 19.1 Å². The fourth-order valence-corrected chi connectivity index (χ4v) is 5.66. The second-order valence-corrected chi connectivity index (χ2v) is 10.1. The summed E-state index contributed by atoms with van der Waals surface area (Å²) in [5.74, 6) is -1.02. The van der Waals surface area contributed by atoms with E-state index in [9.17, 15) is 19.5 Å². The van der Waals surface area contributed by atoms with Crippen LogP contribution in [0.25, 0.3) is 0 Å². The molecule has 170 valence electrons. The molecule has 4 rings (SSSR count). The number of nitrogens with one attached hydrogen (secondary N) is 2. The highest BCUT2D eigenvalue weighted by molar-refractivity contribution is 8.01. The summed E-state index contributed by atoms with van der Waals surface area (Å²) < 4.78 is 0.702. The SMILES string of the molecule is Cc1ccc(NC(=O)Nc2ncc(Sc3cccnc3C(=O)O)s2)c(C(=O)C2CCCC2)c1. The van der Waals surface area contributed by atoms with Gasteiger partial charge < -0.3 is 10.4 Å². The highest BCUT2D eigenvalue weighted by Gasteiger charge is 2.26. The van der Waals surface area contributed by atoms with E-state index in [-0.39, 0.29) is 17.4 Å². The minimum absolute atomic E-state index is 0.0112. The Kier molecular flexibility index (Phi) is 7.05. The Morgan fingerprint density at radius 1 is 1.12 bits per heavy atom. The molecule has 10 heteroatoms. The van der Waals surface area contributed by atoms with Crippen LogP contribution >= 0.6 is 23.1 Å². The number of aromatic carboxylic acids is 1. The molecule has 0 aliphatic heterocycles. The number of amides is 2. The molecule has 1 aromatic carbocycles. The van der Waals surface area contributed by atoms with Gasteiger partial charge in [0.1, 0.15) is 0 Å². The topological polar surface area (TPSA) is 121 Å². The standard InChI is InChI=1S/C23H22N4O4S2/c1-13-8-9-16(15(11-13)20(28)14-5-2-3-6-14)26-22(31)27-23-25-12-18(33-23)32-17-7-4-10-24-19(17)21(29)30/h4,7-12,14H,2-3,5-6H2,1H3,(H,29,30)(H2,25,26,27,31). The number of carboxylic acids is 1. The van der Waals surface area contributed by atoms with E-state index in [0.29, 0.717) is 25.5 Å². The summed E-state index contributed by atoms with van der Waals surface area (Å²) in [6.45, 7) is 1.92. The molecule has 2 aromatic heterocycles. The summed E-state index contributed by atoms with van der Waals surface area (Å²) in [5.41, 5.74) is 1.93. The summed E-state index contributed by atoms with van der Waals surface area (Å²) in [5, 5.41) is 15.1. The Morgan fingerprint density at radius 3 is 2.67 bits per heavy atom. The Labute approximate surface area is 198 Å². The molecular weight excluding hydrogens is 460 g/mol. The molecule has 2 heterocycles. The van der Waals surface area contributed by atoms with Crippen molar-refractivity contribution < 1.29 is 19.5 Å². The van der Waals surface area contributed by atoms with E-state index in [1.54, 1.807) is 24.4 Å². The number of anilines is 2. The number of pyridine rings is 1. The first-order chi connectivity index (χ1) is 15.9. The maximum atomic E-state index is 13.0. The predicted octanol–water partition coefficient (Wildman–Crippen LogP) is 5.71. The van der Waals surface area contributed by atoms with Crippen LogP contribution in [0.3, 0.4) is 0 Å². The largest absolute Gasteiger partial charge is 0.476 e. The Hall–Kier alpha value is -3.24. The van der Waals surface area contributed by atoms with Crippen LogP contribution in [-0.2, 0) is 0 Å². The monoisotopic (exact) mass is 482 g/mol. The number of carbonyl (C=O) groups is 3. The van der Waals surface area contributed by atoms with Crippen molar-refractivity contribution in [2.24, 2.45) is 5.92 Å². The van der Waals surface area contributed by atoms with Gasteiger partial charge in [-0.05, 0) is 44.0 Å². The molecule has 33 heavy (non-hydrogen) atoms. The van der Waals surface area contributed by atoms with Crippen LogP contribution in [0.2, 0.25) is 0 Å². The van der Waals surface area contributed by atoms with Gasteiger partial charge in [0.15, 0.2) is 16.6 Å². The molecule has 0 radical (unpaired) electrons. The number of Topliss-reactive ketones (excluding diaryl/α,β-unsaturated/α-hetero) is 1. The average molecular weight is 483 g/mol. The maximum absolute atomic E-state index is 13.0. The number of ketones is 1.